The minimum atomic E-state index is 0.592. The molecule has 24 heavy (non-hydrogen) atoms. The summed E-state index contributed by atoms with van der Waals surface area (Å²) in [5, 5.41) is 4.63. The molecule has 1 aromatic carbocycles. The molecule has 0 saturated carbocycles. The summed E-state index contributed by atoms with van der Waals surface area (Å²) in [6.07, 6.45) is 4.80. The van der Waals surface area contributed by atoms with Crippen LogP contribution in [0.1, 0.15) is 17.2 Å². The van der Waals surface area contributed by atoms with Crippen LogP contribution < -0.4 is 4.74 Å². The molecule has 0 bridgehead atoms. The fraction of sp³-hybridized carbons (Fsp3) is 0.278. The highest BCUT2D eigenvalue weighted by Crippen LogP contribution is 2.21. The molecule has 2 heterocycles. The lowest BCUT2D eigenvalue weighted by Gasteiger charge is -2.09. The molecule has 0 aliphatic carbocycles. The number of benzene rings is 1. The maximum Gasteiger partial charge on any atom is 0.153 e. The van der Waals surface area contributed by atoms with Crippen LogP contribution in [0.25, 0.3) is 5.69 Å². The van der Waals surface area contributed by atoms with E-state index in [1.807, 2.05) is 41.1 Å². The highest BCUT2D eigenvalue weighted by molar-refractivity contribution is 5.37. The Morgan fingerprint density at radius 1 is 1.04 bits per heavy atom. The Morgan fingerprint density at radius 3 is 2.58 bits per heavy atom. The molecule has 0 radical (unpaired) electrons. The summed E-state index contributed by atoms with van der Waals surface area (Å²) >= 11 is 0. The summed E-state index contributed by atoms with van der Waals surface area (Å²) in [6, 6.07) is 11.8. The Bertz CT molecular complexity index is 787. The average Bonchev–Trinajstić information content (AvgIpc) is 3.04. The molecule has 0 fully saturated rings. The van der Waals surface area contributed by atoms with Crippen LogP contribution in [0.15, 0.2) is 48.8 Å². The van der Waals surface area contributed by atoms with E-state index in [0.717, 1.165) is 28.6 Å². The summed E-state index contributed by atoms with van der Waals surface area (Å²) in [5.41, 5.74) is 2.01. The van der Waals surface area contributed by atoms with Crippen molar-refractivity contribution >= 4 is 0 Å². The van der Waals surface area contributed by atoms with Crippen molar-refractivity contribution in [3.63, 3.8) is 0 Å². The van der Waals surface area contributed by atoms with E-state index in [9.17, 15) is 0 Å². The third-order valence-corrected chi connectivity index (χ3v) is 3.70. The molecule has 6 nitrogen and oxygen atoms in total. The van der Waals surface area contributed by atoms with Gasteiger partial charge in [-0.25, -0.2) is 9.67 Å². The van der Waals surface area contributed by atoms with E-state index < -0.39 is 0 Å². The molecular formula is C18H20N4O2. The SMILES string of the molecule is COCCc1nc(Cc2ccccc2OC)n(-c2ccncc2)n1. The smallest absolute Gasteiger partial charge is 0.153 e. The Morgan fingerprint density at radius 2 is 1.83 bits per heavy atom. The fourth-order valence-corrected chi connectivity index (χ4v) is 2.52. The molecular weight excluding hydrogens is 304 g/mol. The average molecular weight is 324 g/mol. The number of para-hydroxylation sites is 1. The molecule has 0 N–H and O–H groups in total. The van der Waals surface area contributed by atoms with Crippen molar-refractivity contribution in [2.75, 3.05) is 20.8 Å². The molecule has 124 valence electrons. The van der Waals surface area contributed by atoms with Crippen LogP contribution in [0.4, 0.5) is 0 Å². The Kier molecular flexibility index (Phi) is 5.18. The van der Waals surface area contributed by atoms with Gasteiger partial charge in [-0.15, -0.1) is 0 Å². The lowest BCUT2D eigenvalue weighted by molar-refractivity contribution is 0.200. The lowest BCUT2D eigenvalue weighted by Crippen LogP contribution is -2.05. The Balaban J connectivity index is 1.97. The van der Waals surface area contributed by atoms with Gasteiger partial charge in [-0.2, -0.15) is 5.10 Å². The first-order valence-electron chi connectivity index (χ1n) is 7.78. The number of ether oxygens (including phenoxy) is 2. The van der Waals surface area contributed by atoms with E-state index in [1.165, 1.54) is 0 Å². The molecule has 0 aliphatic heterocycles. The highest BCUT2D eigenvalue weighted by Gasteiger charge is 2.14. The monoisotopic (exact) mass is 324 g/mol. The number of rotatable bonds is 7. The van der Waals surface area contributed by atoms with Gasteiger partial charge in [0.1, 0.15) is 11.6 Å². The van der Waals surface area contributed by atoms with Gasteiger partial charge in [-0.3, -0.25) is 4.98 Å². The summed E-state index contributed by atoms with van der Waals surface area (Å²) in [6.45, 7) is 0.592. The molecule has 0 amide bonds. The van der Waals surface area contributed by atoms with Crippen LogP contribution >= 0.6 is 0 Å². The minimum Gasteiger partial charge on any atom is -0.496 e. The van der Waals surface area contributed by atoms with Crippen LogP contribution in [-0.4, -0.2) is 40.6 Å². The largest absolute Gasteiger partial charge is 0.496 e. The van der Waals surface area contributed by atoms with Gasteiger partial charge >= 0.3 is 0 Å². The van der Waals surface area contributed by atoms with Crippen molar-refractivity contribution in [1.29, 1.82) is 0 Å². The summed E-state index contributed by atoms with van der Waals surface area (Å²) < 4.78 is 12.4. The summed E-state index contributed by atoms with van der Waals surface area (Å²) in [4.78, 5) is 8.76. The second kappa shape index (κ2) is 7.70. The van der Waals surface area contributed by atoms with Crippen LogP contribution in [0.5, 0.6) is 5.75 Å². The lowest BCUT2D eigenvalue weighted by atomic mass is 10.1. The molecule has 0 atom stereocenters. The fourth-order valence-electron chi connectivity index (χ4n) is 2.52. The zero-order chi connectivity index (χ0) is 16.8. The molecule has 0 aliphatic rings. The number of hydrogen-bond donors (Lipinski definition) is 0. The summed E-state index contributed by atoms with van der Waals surface area (Å²) in [5.74, 6) is 2.47. The maximum atomic E-state index is 5.45. The van der Waals surface area contributed by atoms with Gasteiger partial charge in [-0.05, 0) is 18.2 Å². The molecule has 0 unspecified atom stereocenters. The Hall–Kier alpha value is -2.73. The maximum absolute atomic E-state index is 5.45. The number of hydrogen-bond acceptors (Lipinski definition) is 5. The van der Waals surface area contributed by atoms with E-state index in [0.29, 0.717) is 19.4 Å². The van der Waals surface area contributed by atoms with Gasteiger partial charge in [-0.1, -0.05) is 18.2 Å². The van der Waals surface area contributed by atoms with E-state index >= 15 is 0 Å². The number of pyridine rings is 1. The predicted octanol–water partition coefficient (Wildman–Crippen LogP) is 2.45. The van der Waals surface area contributed by atoms with Crippen molar-refractivity contribution in [2.45, 2.75) is 12.8 Å². The quantitative estimate of drug-likeness (QED) is 0.668. The van der Waals surface area contributed by atoms with Crippen LogP contribution in [0.2, 0.25) is 0 Å². The number of methoxy groups -OCH3 is 2. The first-order valence-corrected chi connectivity index (χ1v) is 7.78. The zero-order valence-electron chi connectivity index (χ0n) is 13.8. The van der Waals surface area contributed by atoms with Crippen molar-refractivity contribution in [3.05, 3.63) is 66.0 Å². The first-order chi connectivity index (χ1) is 11.8. The molecule has 3 rings (SSSR count). The predicted molar refractivity (Wildman–Crippen MR) is 90.5 cm³/mol. The first kappa shape index (κ1) is 16.1. The van der Waals surface area contributed by atoms with Crippen LogP contribution in [0, 0.1) is 0 Å². The normalized spacial score (nSPS) is 10.8. The van der Waals surface area contributed by atoms with E-state index in [2.05, 4.69) is 10.1 Å². The van der Waals surface area contributed by atoms with Gasteiger partial charge in [0, 0.05) is 37.9 Å². The number of nitrogens with zero attached hydrogens (tertiary/aromatic N) is 4. The van der Waals surface area contributed by atoms with Crippen LogP contribution in [-0.2, 0) is 17.6 Å². The third kappa shape index (κ3) is 3.60. The van der Waals surface area contributed by atoms with Gasteiger partial charge in [0.2, 0.25) is 0 Å². The second-order valence-electron chi connectivity index (χ2n) is 5.29. The van der Waals surface area contributed by atoms with E-state index in [-0.39, 0.29) is 0 Å². The topological polar surface area (TPSA) is 62.1 Å². The minimum absolute atomic E-state index is 0.592. The van der Waals surface area contributed by atoms with Gasteiger partial charge in [0.25, 0.3) is 0 Å². The highest BCUT2D eigenvalue weighted by atomic mass is 16.5. The standard InChI is InChI=1S/C18H20N4O2/c1-23-12-9-17-20-18(13-14-5-3-4-6-16(14)24-2)22(21-17)15-7-10-19-11-8-15/h3-8,10-11H,9,12-13H2,1-2H3. The van der Waals surface area contributed by atoms with Crippen molar-refractivity contribution in [1.82, 2.24) is 19.7 Å². The van der Waals surface area contributed by atoms with E-state index in [4.69, 9.17) is 14.5 Å². The molecule has 0 saturated heterocycles. The van der Waals surface area contributed by atoms with Crippen molar-refractivity contribution in [3.8, 4) is 11.4 Å². The molecule has 0 spiro atoms. The summed E-state index contributed by atoms with van der Waals surface area (Å²) in [7, 11) is 3.35. The van der Waals surface area contributed by atoms with Crippen LogP contribution in [0.3, 0.4) is 0 Å². The van der Waals surface area contributed by atoms with Gasteiger partial charge in [0.05, 0.1) is 19.4 Å². The molecule has 6 heteroatoms. The second-order valence-corrected chi connectivity index (χ2v) is 5.29. The number of aromatic nitrogens is 4. The van der Waals surface area contributed by atoms with Crippen molar-refractivity contribution in [2.24, 2.45) is 0 Å². The van der Waals surface area contributed by atoms with Crippen molar-refractivity contribution < 1.29 is 9.47 Å². The third-order valence-electron chi connectivity index (χ3n) is 3.70. The van der Waals surface area contributed by atoms with E-state index in [1.54, 1.807) is 26.6 Å². The Labute approximate surface area is 141 Å². The zero-order valence-corrected chi connectivity index (χ0v) is 13.8. The van der Waals surface area contributed by atoms with Gasteiger partial charge in [0.15, 0.2) is 5.82 Å². The molecule has 3 aromatic rings. The molecule has 2 aromatic heterocycles. The van der Waals surface area contributed by atoms with Gasteiger partial charge < -0.3 is 9.47 Å².